The molecule has 380 valence electrons. The van der Waals surface area contributed by atoms with Crippen LogP contribution in [0.5, 0.6) is 5.75 Å². The minimum Gasteiger partial charge on any atom is -0.488 e. The third-order valence-corrected chi connectivity index (χ3v) is 14.4. The van der Waals surface area contributed by atoms with Crippen LogP contribution in [0.4, 0.5) is 17.2 Å². The van der Waals surface area contributed by atoms with E-state index in [9.17, 15) is 19.2 Å². The molecule has 0 radical (unpaired) electrons. The molecule has 12 heteroatoms. The maximum absolute atomic E-state index is 13.0. The van der Waals surface area contributed by atoms with Crippen molar-refractivity contribution in [3.63, 3.8) is 0 Å². The third-order valence-electron chi connectivity index (χ3n) is 14.4. The van der Waals surface area contributed by atoms with Crippen LogP contribution < -0.4 is 20.3 Å². The summed E-state index contributed by atoms with van der Waals surface area (Å²) in [5.41, 5.74) is 9.81. The zero-order chi connectivity index (χ0) is 50.8. The molecule has 0 spiro atoms. The zero-order valence-corrected chi connectivity index (χ0v) is 44.3. The van der Waals surface area contributed by atoms with Gasteiger partial charge in [0.1, 0.15) is 29.3 Å². The van der Waals surface area contributed by atoms with E-state index in [0.29, 0.717) is 52.0 Å². The lowest BCUT2D eigenvalue weighted by molar-refractivity contribution is -0.122. The lowest BCUT2D eigenvalue weighted by atomic mass is 9.94. The van der Waals surface area contributed by atoms with Gasteiger partial charge in [-0.25, -0.2) is 9.97 Å². The number of nitrogens with two attached hydrogens (primary N) is 1. The number of benzene rings is 2. The molecule has 1 saturated heterocycles. The topological polar surface area (TPSA) is 163 Å². The quantitative estimate of drug-likeness (QED) is 0.0450. The Hall–Kier alpha value is -5.13. The van der Waals surface area contributed by atoms with E-state index >= 15 is 0 Å². The summed E-state index contributed by atoms with van der Waals surface area (Å²) in [6.07, 6.45) is 16.7. The lowest BCUT2D eigenvalue weighted by Gasteiger charge is -2.40. The minimum atomic E-state index is -0.884. The highest BCUT2D eigenvalue weighted by Gasteiger charge is 2.43. The van der Waals surface area contributed by atoms with E-state index in [2.05, 4.69) is 82.1 Å². The highest BCUT2D eigenvalue weighted by molar-refractivity contribution is 6.23. The average molecular weight is 950 g/mol. The van der Waals surface area contributed by atoms with Crippen LogP contribution in [0.1, 0.15) is 204 Å². The number of ketones is 2. The average Bonchev–Trinajstić information content (AvgIpc) is 4.00. The van der Waals surface area contributed by atoms with Crippen molar-refractivity contribution >= 4 is 46.3 Å². The molecule has 6 rings (SSSR count). The fourth-order valence-corrected chi connectivity index (χ4v) is 8.76. The van der Waals surface area contributed by atoms with Gasteiger partial charge < -0.3 is 20.3 Å². The number of fused-ring (bicyclic) bond motifs is 1. The number of amides is 2. The highest BCUT2D eigenvalue weighted by Crippen LogP contribution is 2.40. The van der Waals surface area contributed by atoms with Crippen molar-refractivity contribution < 1.29 is 23.9 Å². The summed E-state index contributed by atoms with van der Waals surface area (Å²) in [6.45, 7) is 27.3. The number of hydrogen-bond acceptors (Lipinski definition) is 11. The lowest BCUT2D eigenvalue weighted by Crippen LogP contribution is -2.46. The van der Waals surface area contributed by atoms with Gasteiger partial charge in [0.2, 0.25) is 0 Å². The first kappa shape index (κ1) is 56.5. The zero-order valence-electron chi connectivity index (χ0n) is 44.3. The Bertz CT molecular complexity index is 2160. The molecular formula is C57H87N7O5. The van der Waals surface area contributed by atoms with Crippen molar-refractivity contribution in [1.29, 1.82) is 5.41 Å². The molecule has 1 aromatic heterocycles. The first-order valence-corrected chi connectivity index (χ1v) is 26.5. The van der Waals surface area contributed by atoms with E-state index in [1.54, 1.807) is 18.5 Å². The molecule has 69 heavy (non-hydrogen) atoms. The van der Waals surface area contributed by atoms with Gasteiger partial charge >= 0.3 is 0 Å². The monoisotopic (exact) mass is 950 g/mol. The second kappa shape index (κ2) is 27.3. The van der Waals surface area contributed by atoms with E-state index < -0.39 is 17.9 Å². The van der Waals surface area contributed by atoms with Gasteiger partial charge in [-0.1, -0.05) is 101 Å². The smallest absolute Gasteiger partial charge is 0.262 e. The molecule has 3 heterocycles. The molecule has 2 fully saturated rings. The van der Waals surface area contributed by atoms with Crippen LogP contribution in [0.25, 0.3) is 0 Å². The molecule has 2 unspecified atom stereocenters. The number of carbonyl (C=O) groups is 4. The Balaban J connectivity index is 0.000000248. The number of hydrogen-bond donors (Lipinski definition) is 2. The number of anilines is 3. The van der Waals surface area contributed by atoms with Crippen LogP contribution in [-0.2, 0) is 9.59 Å². The maximum Gasteiger partial charge on any atom is 0.262 e. The summed E-state index contributed by atoms with van der Waals surface area (Å²) in [5, 5.41) is 8.75. The molecule has 2 aliphatic heterocycles. The first-order chi connectivity index (χ1) is 32.9. The van der Waals surface area contributed by atoms with Crippen molar-refractivity contribution in [3.05, 3.63) is 71.2 Å². The van der Waals surface area contributed by atoms with Crippen LogP contribution in [0.15, 0.2) is 48.8 Å². The first-order valence-electron chi connectivity index (χ1n) is 26.5. The van der Waals surface area contributed by atoms with Crippen molar-refractivity contribution in [1.82, 2.24) is 14.9 Å². The van der Waals surface area contributed by atoms with Crippen molar-refractivity contribution in [2.75, 3.05) is 41.7 Å². The molecule has 4 atom stereocenters. The fraction of sp³-hybridized carbons (Fsp3) is 0.632. The number of nitrogen functional groups attached to an aromatic ring is 1. The predicted octanol–water partition coefficient (Wildman–Crippen LogP) is 12.5. The van der Waals surface area contributed by atoms with Crippen molar-refractivity contribution in [2.24, 2.45) is 23.7 Å². The molecule has 12 nitrogen and oxygen atoms in total. The number of aromatic nitrogens is 2. The number of ether oxygens (including phenoxy) is 1. The Morgan fingerprint density at radius 1 is 0.797 bits per heavy atom. The molecule has 0 bridgehead atoms. The van der Waals surface area contributed by atoms with Gasteiger partial charge in [0, 0.05) is 62.0 Å². The van der Waals surface area contributed by atoms with E-state index in [-0.39, 0.29) is 30.0 Å². The Labute approximate surface area is 415 Å². The van der Waals surface area contributed by atoms with Crippen molar-refractivity contribution in [2.45, 2.75) is 184 Å². The summed E-state index contributed by atoms with van der Waals surface area (Å²) < 4.78 is 6.06. The number of nitrogens with one attached hydrogen (secondary N) is 1. The van der Waals surface area contributed by atoms with Gasteiger partial charge in [-0.3, -0.25) is 29.5 Å². The van der Waals surface area contributed by atoms with Gasteiger partial charge in [-0.05, 0) is 119 Å². The van der Waals surface area contributed by atoms with Gasteiger partial charge in [0.25, 0.3) is 11.8 Å². The highest BCUT2D eigenvalue weighted by atomic mass is 16.5. The SMILES string of the molecule is CCCC(=O)CCC(C(C)=O)N1C(=O)c2ccc(N3CC(CC)C3)cc2C1=O.CCCC(C)CC[C@H](C)CC.CCCN(CC[C@H](C)CC)c1cc(C(=N)c2cc(OC3(C)CC3)ccc2N)ncn1. The number of carbonyl (C=O) groups excluding carboxylic acids is 4. The van der Waals surface area contributed by atoms with E-state index in [0.717, 1.165) is 98.7 Å². The molecule has 1 saturated carbocycles. The summed E-state index contributed by atoms with van der Waals surface area (Å²) in [6, 6.07) is 11.9. The van der Waals surface area contributed by atoms with E-state index in [4.69, 9.17) is 15.9 Å². The van der Waals surface area contributed by atoms with Crippen LogP contribution in [-0.4, -0.2) is 81.8 Å². The molecule has 2 aromatic carbocycles. The molecular weight excluding hydrogens is 863 g/mol. The van der Waals surface area contributed by atoms with Gasteiger partial charge in [0.05, 0.1) is 28.6 Å². The summed E-state index contributed by atoms with van der Waals surface area (Å²) in [4.78, 5) is 64.3. The summed E-state index contributed by atoms with van der Waals surface area (Å²) in [7, 11) is 0. The van der Waals surface area contributed by atoms with Crippen LogP contribution >= 0.6 is 0 Å². The van der Waals surface area contributed by atoms with Gasteiger partial charge in [-0.15, -0.1) is 0 Å². The maximum atomic E-state index is 13.0. The summed E-state index contributed by atoms with van der Waals surface area (Å²) in [5.74, 6) is 3.77. The molecule has 2 amide bonds. The van der Waals surface area contributed by atoms with Gasteiger partial charge in [-0.2, -0.15) is 0 Å². The number of imide groups is 1. The van der Waals surface area contributed by atoms with Crippen molar-refractivity contribution in [3.8, 4) is 5.75 Å². The number of nitrogens with zero attached hydrogens (tertiary/aromatic N) is 5. The fourth-order valence-electron chi connectivity index (χ4n) is 8.76. The normalized spacial score (nSPS) is 16.4. The number of Topliss-reactive ketones (excluding diaryl/α,β-unsaturated/α-hetero) is 2. The number of rotatable bonds is 26. The van der Waals surface area contributed by atoms with E-state index in [1.807, 2.05) is 37.3 Å². The molecule has 3 aromatic rings. The second-order valence-electron chi connectivity index (χ2n) is 20.6. The molecule has 3 N–H and O–H groups in total. The third kappa shape index (κ3) is 16.5. The largest absolute Gasteiger partial charge is 0.488 e. The van der Waals surface area contributed by atoms with Crippen LogP contribution in [0.2, 0.25) is 0 Å². The second-order valence-corrected chi connectivity index (χ2v) is 20.6. The molecule has 1 aliphatic carbocycles. The van der Waals surface area contributed by atoms with Crippen LogP contribution in [0, 0.1) is 29.1 Å². The Morgan fingerprint density at radius 3 is 2.07 bits per heavy atom. The molecule has 3 aliphatic rings. The predicted molar refractivity (Wildman–Crippen MR) is 283 cm³/mol. The minimum absolute atomic E-state index is 0.0518. The Kier molecular flexibility index (Phi) is 22.3. The van der Waals surface area contributed by atoms with Crippen LogP contribution in [0.3, 0.4) is 0 Å². The van der Waals surface area contributed by atoms with Gasteiger partial charge in [0.15, 0.2) is 5.78 Å². The summed E-state index contributed by atoms with van der Waals surface area (Å²) >= 11 is 0. The Morgan fingerprint density at radius 2 is 1.46 bits per heavy atom. The van der Waals surface area contributed by atoms with E-state index in [1.165, 1.54) is 45.4 Å². The standard InChI is InChI=1S/C24H35N5O.C22H28N2O4.C11H24/c1-5-12-29(13-9-17(3)6-2)22-15-21(27-16-28-22)23(26)19-14-18(7-8-20(19)25)30-24(4)10-11-24;1-4-6-17(26)8-10-20(14(3)25)24-21(27)18-9-7-16(11-19(18)22(24)28)23-12-15(5-2)13-23;1-5-7-11(4)9-8-10(3)6-2/h7-8,14-17,26H,5-6,9-13,25H2,1-4H3;7,9,11,15,20H,4-6,8,10,12-13H2,1-3H3;10-11H,5-9H2,1-4H3/t17-;;10-,11?/m1.1/s1.